The monoisotopic (exact) mass is 378 g/mol. The lowest BCUT2D eigenvalue weighted by Gasteiger charge is -2.27. The van der Waals surface area contributed by atoms with E-state index in [2.05, 4.69) is 22.6 Å². The van der Waals surface area contributed by atoms with Gasteiger partial charge in [-0.3, -0.25) is 4.79 Å². The van der Waals surface area contributed by atoms with Crippen LogP contribution in [0.15, 0.2) is 18.2 Å². The minimum Gasteiger partial charge on any atom is -0.337 e. The van der Waals surface area contributed by atoms with Crippen molar-refractivity contribution in [1.82, 2.24) is 4.90 Å². The van der Waals surface area contributed by atoms with Gasteiger partial charge in [0.05, 0.1) is 5.56 Å². The maximum atomic E-state index is 12.5. The quantitative estimate of drug-likeness (QED) is 0.819. The Bertz CT molecular complexity index is 462. The van der Waals surface area contributed by atoms with Crippen molar-refractivity contribution in [2.45, 2.75) is 18.9 Å². The topological polar surface area (TPSA) is 46.3 Å². The molecule has 1 aliphatic rings. The Morgan fingerprint density at radius 3 is 2.83 bits per heavy atom. The molecule has 0 aliphatic heterocycles. The summed E-state index contributed by atoms with van der Waals surface area (Å²) < 4.78 is 0.917. The summed E-state index contributed by atoms with van der Waals surface area (Å²) in [6.07, 6.45) is 2.35. The van der Waals surface area contributed by atoms with Gasteiger partial charge in [-0.15, -0.1) is 0 Å². The third-order valence-electron chi connectivity index (χ3n) is 3.38. The second kappa shape index (κ2) is 5.75. The van der Waals surface area contributed by atoms with Gasteiger partial charge in [0.2, 0.25) is 0 Å². The van der Waals surface area contributed by atoms with Crippen LogP contribution in [0.2, 0.25) is 5.02 Å². The molecule has 2 N–H and O–H groups in total. The van der Waals surface area contributed by atoms with Crippen molar-refractivity contribution in [3.8, 4) is 0 Å². The zero-order valence-electron chi connectivity index (χ0n) is 10.2. The zero-order valence-corrected chi connectivity index (χ0v) is 13.1. The molecule has 18 heavy (non-hydrogen) atoms. The van der Waals surface area contributed by atoms with Crippen LogP contribution in [0.4, 0.5) is 0 Å². The van der Waals surface area contributed by atoms with Crippen LogP contribution >= 0.6 is 34.2 Å². The van der Waals surface area contributed by atoms with E-state index in [1.165, 1.54) is 12.8 Å². The summed E-state index contributed by atoms with van der Waals surface area (Å²) in [6, 6.07) is 5.52. The van der Waals surface area contributed by atoms with Crippen molar-refractivity contribution in [3.63, 3.8) is 0 Å². The van der Waals surface area contributed by atoms with Gasteiger partial charge in [-0.1, -0.05) is 11.6 Å². The molecule has 0 aromatic heterocycles. The number of halogens is 2. The van der Waals surface area contributed by atoms with Gasteiger partial charge in [0, 0.05) is 28.2 Å². The molecule has 0 heterocycles. The van der Waals surface area contributed by atoms with Crippen molar-refractivity contribution in [2.24, 2.45) is 11.7 Å². The van der Waals surface area contributed by atoms with Crippen molar-refractivity contribution in [2.75, 3.05) is 13.6 Å². The largest absolute Gasteiger partial charge is 0.337 e. The van der Waals surface area contributed by atoms with E-state index in [-0.39, 0.29) is 11.9 Å². The third kappa shape index (κ3) is 2.97. The van der Waals surface area contributed by atoms with Crippen LogP contribution < -0.4 is 5.73 Å². The Morgan fingerprint density at radius 2 is 2.28 bits per heavy atom. The number of likely N-dealkylation sites (N-methyl/N-ethyl adjacent to an activating group) is 1. The summed E-state index contributed by atoms with van der Waals surface area (Å²) in [5.74, 6) is 0.574. The fraction of sp³-hybridized carbons (Fsp3) is 0.462. The van der Waals surface area contributed by atoms with E-state index in [4.69, 9.17) is 17.3 Å². The first-order valence-electron chi connectivity index (χ1n) is 5.97. The van der Waals surface area contributed by atoms with Crippen LogP contribution in [0.1, 0.15) is 23.2 Å². The van der Waals surface area contributed by atoms with E-state index < -0.39 is 0 Å². The van der Waals surface area contributed by atoms with Crippen LogP contribution in [-0.4, -0.2) is 30.4 Å². The number of benzene rings is 1. The summed E-state index contributed by atoms with van der Waals surface area (Å²) >= 11 is 8.11. The molecule has 0 spiro atoms. The normalized spacial score (nSPS) is 16.4. The SMILES string of the molecule is CN(C(=O)c1cc(Cl)ccc1I)C(CN)C1CC1. The number of nitrogens with zero attached hydrogens (tertiary/aromatic N) is 1. The molecule has 5 heteroatoms. The number of amides is 1. The van der Waals surface area contributed by atoms with Gasteiger partial charge < -0.3 is 10.6 Å². The lowest BCUT2D eigenvalue weighted by atomic mass is 10.1. The number of carbonyl (C=O) groups is 1. The van der Waals surface area contributed by atoms with E-state index in [0.29, 0.717) is 23.0 Å². The Morgan fingerprint density at radius 1 is 1.61 bits per heavy atom. The minimum absolute atomic E-state index is 0.00394. The lowest BCUT2D eigenvalue weighted by Crippen LogP contribution is -2.43. The predicted molar refractivity (Wildman–Crippen MR) is 81.8 cm³/mol. The van der Waals surface area contributed by atoms with Crippen LogP contribution in [-0.2, 0) is 0 Å². The van der Waals surface area contributed by atoms with E-state index in [1.54, 1.807) is 17.0 Å². The maximum Gasteiger partial charge on any atom is 0.255 e. The first-order valence-corrected chi connectivity index (χ1v) is 7.42. The summed E-state index contributed by atoms with van der Waals surface area (Å²) in [5.41, 5.74) is 6.43. The molecule has 1 amide bonds. The number of carbonyl (C=O) groups excluding carboxylic acids is 1. The molecular formula is C13H16ClIN2O. The van der Waals surface area contributed by atoms with Gasteiger partial charge in [0.15, 0.2) is 0 Å². The van der Waals surface area contributed by atoms with E-state index in [9.17, 15) is 4.79 Å². The minimum atomic E-state index is 0.00394. The molecule has 1 fully saturated rings. The number of hydrogen-bond acceptors (Lipinski definition) is 2. The predicted octanol–water partition coefficient (Wildman–Crippen LogP) is 2.75. The Balaban J connectivity index is 2.21. The number of hydrogen-bond donors (Lipinski definition) is 1. The first kappa shape index (κ1) is 14.1. The Kier molecular flexibility index (Phi) is 4.50. The molecule has 0 radical (unpaired) electrons. The number of rotatable bonds is 4. The van der Waals surface area contributed by atoms with Crippen LogP contribution in [0.5, 0.6) is 0 Å². The maximum absolute atomic E-state index is 12.5. The van der Waals surface area contributed by atoms with Gasteiger partial charge in [-0.25, -0.2) is 0 Å². The second-order valence-electron chi connectivity index (χ2n) is 4.68. The van der Waals surface area contributed by atoms with Crippen molar-refractivity contribution in [3.05, 3.63) is 32.4 Å². The summed E-state index contributed by atoms with van der Waals surface area (Å²) in [6.45, 7) is 0.518. The van der Waals surface area contributed by atoms with Gasteiger partial charge in [-0.2, -0.15) is 0 Å². The van der Waals surface area contributed by atoms with Crippen molar-refractivity contribution in [1.29, 1.82) is 0 Å². The van der Waals surface area contributed by atoms with Crippen molar-refractivity contribution >= 4 is 40.1 Å². The molecule has 0 saturated heterocycles. The Labute approximate surface area is 126 Å². The van der Waals surface area contributed by atoms with Crippen molar-refractivity contribution < 1.29 is 4.79 Å². The molecule has 2 rings (SSSR count). The van der Waals surface area contributed by atoms with E-state index in [0.717, 1.165) is 3.57 Å². The Hall–Kier alpha value is -0.330. The molecule has 0 bridgehead atoms. The van der Waals surface area contributed by atoms with Gasteiger partial charge in [0.25, 0.3) is 5.91 Å². The van der Waals surface area contributed by atoms with Crippen LogP contribution in [0.3, 0.4) is 0 Å². The fourth-order valence-electron chi connectivity index (χ4n) is 2.15. The summed E-state index contributed by atoms with van der Waals surface area (Å²) in [4.78, 5) is 14.2. The zero-order chi connectivity index (χ0) is 13.3. The van der Waals surface area contributed by atoms with E-state index in [1.807, 2.05) is 13.1 Å². The number of nitrogens with two attached hydrogens (primary N) is 1. The fourth-order valence-corrected chi connectivity index (χ4v) is 2.89. The highest BCUT2D eigenvalue weighted by Gasteiger charge is 2.35. The van der Waals surface area contributed by atoms with E-state index >= 15 is 0 Å². The first-order chi connectivity index (χ1) is 8.54. The van der Waals surface area contributed by atoms with Gasteiger partial charge >= 0.3 is 0 Å². The summed E-state index contributed by atoms with van der Waals surface area (Å²) in [7, 11) is 1.83. The molecule has 1 aliphatic carbocycles. The smallest absolute Gasteiger partial charge is 0.255 e. The standard InChI is InChI=1S/C13H16ClIN2O/c1-17(12(7-16)8-2-3-8)13(18)10-6-9(14)4-5-11(10)15/h4-6,8,12H,2-3,7,16H2,1H3. The molecular weight excluding hydrogens is 363 g/mol. The highest BCUT2D eigenvalue weighted by molar-refractivity contribution is 14.1. The van der Waals surface area contributed by atoms with Crippen LogP contribution in [0.25, 0.3) is 0 Å². The molecule has 3 nitrogen and oxygen atoms in total. The molecule has 98 valence electrons. The lowest BCUT2D eigenvalue weighted by molar-refractivity contribution is 0.0717. The third-order valence-corrected chi connectivity index (χ3v) is 4.56. The van der Waals surface area contributed by atoms with Gasteiger partial charge in [0.1, 0.15) is 0 Å². The molecule has 1 atom stereocenters. The molecule has 1 unspecified atom stereocenters. The second-order valence-corrected chi connectivity index (χ2v) is 6.28. The molecule has 1 aromatic rings. The molecule has 1 aromatic carbocycles. The molecule has 1 saturated carbocycles. The average Bonchev–Trinajstić information content (AvgIpc) is 3.16. The highest BCUT2D eigenvalue weighted by atomic mass is 127. The summed E-state index contributed by atoms with van der Waals surface area (Å²) in [5, 5.41) is 0.586. The average molecular weight is 379 g/mol. The highest BCUT2D eigenvalue weighted by Crippen LogP contribution is 2.35. The van der Waals surface area contributed by atoms with Crippen LogP contribution in [0, 0.1) is 9.49 Å². The van der Waals surface area contributed by atoms with Gasteiger partial charge in [-0.05, 0) is 59.5 Å².